The van der Waals surface area contributed by atoms with Gasteiger partial charge in [-0.15, -0.1) is 0 Å². The number of aromatic amines is 2. The smallest absolute Gasteiger partial charge is 0.230 e. The number of aliphatic hydroxyl groups excluding tert-OH is 1. The minimum atomic E-state index is -0.149. The lowest BCUT2D eigenvalue weighted by molar-refractivity contribution is -0.124. The van der Waals surface area contributed by atoms with Crippen LogP contribution in [-0.4, -0.2) is 62.5 Å². The molecule has 9 nitrogen and oxygen atoms in total. The summed E-state index contributed by atoms with van der Waals surface area (Å²) < 4.78 is 5.46. The summed E-state index contributed by atoms with van der Waals surface area (Å²) in [5.74, 6) is 1.59. The van der Waals surface area contributed by atoms with E-state index in [1.54, 1.807) is 11.1 Å². The number of anilines is 1. The maximum absolute atomic E-state index is 13.4. The van der Waals surface area contributed by atoms with Crippen LogP contribution >= 0.6 is 0 Å². The van der Waals surface area contributed by atoms with Crippen molar-refractivity contribution in [3.8, 4) is 11.5 Å². The fourth-order valence-corrected chi connectivity index (χ4v) is 5.93. The summed E-state index contributed by atoms with van der Waals surface area (Å²) in [6.07, 6.45) is 6.81. The summed E-state index contributed by atoms with van der Waals surface area (Å²) in [7, 11) is 0. The van der Waals surface area contributed by atoms with Gasteiger partial charge in [-0.25, -0.2) is 9.97 Å². The molecule has 2 fully saturated rings. The molecule has 34 heavy (non-hydrogen) atoms. The molecule has 6 rings (SSSR count). The van der Waals surface area contributed by atoms with Gasteiger partial charge in [-0.2, -0.15) is 5.10 Å². The van der Waals surface area contributed by atoms with Crippen molar-refractivity contribution >= 4 is 22.8 Å². The number of hydrogen-bond donors (Lipinski definition) is 3. The van der Waals surface area contributed by atoms with Crippen LogP contribution in [-0.2, 0) is 22.4 Å². The van der Waals surface area contributed by atoms with Gasteiger partial charge in [0.1, 0.15) is 11.2 Å². The molecular formula is C25H32N6O3. The van der Waals surface area contributed by atoms with E-state index in [1.807, 2.05) is 13.0 Å². The number of aromatic nitrogens is 5. The Labute approximate surface area is 198 Å². The second-order valence-electron chi connectivity index (χ2n) is 10.6. The van der Waals surface area contributed by atoms with Crippen LogP contribution in [0.15, 0.2) is 12.3 Å². The molecule has 2 unspecified atom stereocenters. The van der Waals surface area contributed by atoms with E-state index in [-0.39, 0.29) is 30.9 Å². The number of H-pyrrole nitrogens is 2. The second kappa shape index (κ2) is 8.16. The molecular weight excluding hydrogens is 432 g/mol. The molecule has 2 aliphatic carbocycles. The molecule has 1 saturated heterocycles. The lowest BCUT2D eigenvalue weighted by Crippen LogP contribution is -2.41. The first kappa shape index (κ1) is 21.7. The number of nitrogens with zero attached hydrogens (tertiary/aromatic N) is 4. The summed E-state index contributed by atoms with van der Waals surface area (Å²) in [5.41, 5.74) is 5.80. The minimum absolute atomic E-state index is 0.00622. The van der Waals surface area contributed by atoms with E-state index in [0.29, 0.717) is 41.3 Å². The molecule has 0 spiro atoms. The number of aliphatic hydroxyl groups is 1. The number of carbonyl (C=O) groups is 1. The van der Waals surface area contributed by atoms with Gasteiger partial charge in [0.05, 0.1) is 18.5 Å². The van der Waals surface area contributed by atoms with E-state index in [4.69, 9.17) is 9.72 Å². The van der Waals surface area contributed by atoms with E-state index >= 15 is 0 Å². The lowest BCUT2D eigenvalue weighted by atomic mass is 9.86. The average Bonchev–Trinajstić information content (AvgIpc) is 3.15. The number of amides is 1. The number of fused-ring (bicyclic) bond motifs is 3. The highest BCUT2D eigenvalue weighted by Crippen LogP contribution is 2.59. The third-order valence-electron chi connectivity index (χ3n) is 8.33. The molecule has 3 atom stereocenters. The third kappa shape index (κ3) is 3.62. The highest BCUT2D eigenvalue weighted by atomic mass is 16.5. The number of imidazole rings is 1. The molecule has 180 valence electrons. The van der Waals surface area contributed by atoms with Crippen LogP contribution in [0.3, 0.4) is 0 Å². The van der Waals surface area contributed by atoms with Gasteiger partial charge in [0.15, 0.2) is 11.5 Å². The normalized spacial score (nSPS) is 25.1. The molecule has 3 aromatic heterocycles. The molecule has 4 heterocycles. The molecule has 0 radical (unpaired) electrons. The zero-order valence-corrected chi connectivity index (χ0v) is 19.8. The van der Waals surface area contributed by atoms with Crippen molar-refractivity contribution in [1.82, 2.24) is 25.1 Å². The first-order chi connectivity index (χ1) is 16.5. The fraction of sp³-hybridized carbons (Fsp3) is 0.600. The van der Waals surface area contributed by atoms with Gasteiger partial charge in [-0.1, -0.05) is 13.8 Å². The Bertz CT molecular complexity index is 1230. The average molecular weight is 465 g/mol. The minimum Gasteiger partial charge on any atom is -0.395 e. The summed E-state index contributed by atoms with van der Waals surface area (Å²) in [6.45, 7) is 5.84. The SMILES string of the molecule is CC(C(=O)N(CCO)c1cnc2[nH]c(-c3n[nH]c4c3CC3C[C@]3(C)C4)nc2c1)C1CCOCC1. The molecule has 3 N–H and O–H groups in total. The third-order valence-corrected chi connectivity index (χ3v) is 8.33. The van der Waals surface area contributed by atoms with Crippen LogP contribution in [0, 0.1) is 23.2 Å². The van der Waals surface area contributed by atoms with E-state index < -0.39 is 0 Å². The maximum atomic E-state index is 13.4. The Hall–Kier alpha value is -2.78. The van der Waals surface area contributed by atoms with Crippen molar-refractivity contribution < 1.29 is 14.6 Å². The Morgan fingerprint density at radius 2 is 2.21 bits per heavy atom. The summed E-state index contributed by atoms with van der Waals surface area (Å²) in [6, 6.07) is 1.88. The van der Waals surface area contributed by atoms with Crippen molar-refractivity contribution in [1.29, 1.82) is 0 Å². The van der Waals surface area contributed by atoms with Crippen LogP contribution in [0.2, 0.25) is 0 Å². The number of rotatable bonds is 6. The predicted molar refractivity (Wildman–Crippen MR) is 127 cm³/mol. The van der Waals surface area contributed by atoms with E-state index in [0.717, 1.165) is 37.3 Å². The lowest BCUT2D eigenvalue weighted by Gasteiger charge is -2.31. The standard InChI is InChI=1S/C25H32N6O3/c1-14(15-3-7-34-8-4-15)24(33)31(5-6-32)17-10-19-22(26-13-17)28-23(27-19)21-18-9-16-11-25(16,2)12-20(18)29-30-21/h10,13-16,32H,3-9,11-12H2,1-2H3,(H,29,30)(H,26,27,28)/t14?,16?,25-/m1/s1. The molecule has 0 bridgehead atoms. The van der Waals surface area contributed by atoms with Crippen LogP contribution in [0.25, 0.3) is 22.7 Å². The van der Waals surface area contributed by atoms with Gasteiger partial charge in [-0.3, -0.25) is 9.89 Å². The Morgan fingerprint density at radius 1 is 1.38 bits per heavy atom. The Kier molecular flexibility index (Phi) is 5.22. The molecule has 3 aromatic rings. The van der Waals surface area contributed by atoms with Crippen LogP contribution in [0.1, 0.15) is 44.4 Å². The van der Waals surface area contributed by atoms with E-state index in [9.17, 15) is 9.90 Å². The highest BCUT2D eigenvalue weighted by Gasteiger charge is 2.53. The Balaban J connectivity index is 1.28. The predicted octanol–water partition coefficient (Wildman–Crippen LogP) is 2.86. The first-order valence-corrected chi connectivity index (χ1v) is 12.4. The fourth-order valence-electron chi connectivity index (χ4n) is 5.93. The number of carbonyl (C=O) groups excluding carboxylic acids is 1. The number of hydrogen-bond acceptors (Lipinski definition) is 6. The molecule has 1 saturated carbocycles. The number of nitrogens with one attached hydrogen (secondary N) is 2. The van der Waals surface area contributed by atoms with Crippen molar-refractivity contribution in [2.24, 2.45) is 23.2 Å². The van der Waals surface area contributed by atoms with Crippen molar-refractivity contribution in [3.63, 3.8) is 0 Å². The monoisotopic (exact) mass is 464 g/mol. The van der Waals surface area contributed by atoms with Crippen molar-refractivity contribution in [3.05, 3.63) is 23.5 Å². The summed E-state index contributed by atoms with van der Waals surface area (Å²) >= 11 is 0. The number of pyridine rings is 1. The van der Waals surface area contributed by atoms with Crippen molar-refractivity contribution in [2.75, 3.05) is 31.3 Å². The maximum Gasteiger partial charge on any atom is 0.230 e. The van der Waals surface area contributed by atoms with Crippen LogP contribution in [0.5, 0.6) is 0 Å². The molecule has 0 aromatic carbocycles. The largest absolute Gasteiger partial charge is 0.395 e. The zero-order chi connectivity index (χ0) is 23.4. The topological polar surface area (TPSA) is 120 Å². The quantitative estimate of drug-likeness (QED) is 0.516. The second-order valence-corrected chi connectivity index (χ2v) is 10.6. The number of ether oxygens (including phenoxy) is 1. The Morgan fingerprint density at radius 3 is 3.00 bits per heavy atom. The molecule has 9 heteroatoms. The van der Waals surface area contributed by atoms with Gasteiger partial charge < -0.3 is 19.7 Å². The van der Waals surface area contributed by atoms with Gasteiger partial charge in [0.25, 0.3) is 0 Å². The van der Waals surface area contributed by atoms with Gasteiger partial charge in [0, 0.05) is 36.9 Å². The zero-order valence-electron chi connectivity index (χ0n) is 19.8. The molecule has 3 aliphatic rings. The van der Waals surface area contributed by atoms with Crippen LogP contribution < -0.4 is 4.90 Å². The van der Waals surface area contributed by atoms with Crippen molar-refractivity contribution in [2.45, 2.75) is 46.0 Å². The van der Waals surface area contributed by atoms with Gasteiger partial charge >= 0.3 is 0 Å². The summed E-state index contributed by atoms with van der Waals surface area (Å²) in [4.78, 5) is 27.7. The molecule has 1 amide bonds. The highest BCUT2D eigenvalue weighted by molar-refractivity contribution is 5.96. The first-order valence-electron chi connectivity index (χ1n) is 12.4. The van der Waals surface area contributed by atoms with Gasteiger partial charge in [0.2, 0.25) is 5.91 Å². The van der Waals surface area contributed by atoms with E-state index in [2.05, 4.69) is 27.1 Å². The van der Waals surface area contributed by atoms with Gasteiger partial charge in [-0.05, 0) is 55.4 Å². The molecule has 1 aliphatic heterocycles. The van der Waals surface area contributed by atoms with E-state index in [1.165, 1.54) is 17.7 Å². The summed E-state index contributed by atoms with van der Waals surface area (Å²) in [5, 5.41) is 17.5. The van der Waals surface area contributed by atoms with Crippen LogP contribution in [0.4, 0.5) is 5.69 Å².